The van der Waals surface area contributed by atoms with E-state index in [0.717, 1.165) is 11.3 Å². The number of methoxy groups -OCH3 is 1. The average molecular weight is 428 g/mol. The first-order chi connectivity index (χ1) is 14.6. The van der Waals surface area contributed by atoms with Gasteiger partial charge < -0.3 is 23.9 Å². The topological polar surface area (TPSA) is 94.3 Å². The molecule has 0 aliphatic carbocycles. The molecule has 0 atom stereocenters. The monoisotopic (exact) mass is 427 g/mol. The molecule has 1 amide bonds. The fraction of sp³-hybridized carbons (Fsp3) is 0.143. The van der Waals surface area contributed by atoms with Gasteiger partial charge in [-0.1, -0.05) is 11.6 Å². The predicted molar refractivity (Wildman–Crippen MR) is 112 cm³/mol. The fourth-order valence-electron chi connectivity index (χ4n) is 2.84. The van der Waals surface area contributed by atoms with Crippen LogP contribution in [0.5, 0.6) is 17.2 Å². The molecule has 3 aromatic rings. The zero-order valence-electron chi connectivity index (χ0n) is 16.0. The van der Waals surface area contributed by atoms with Gasteiger partial charge in [0.2, 0.25) is 6.79 Å². The van der Waals surface area contributed by atoms with E-state index in [2.05, 4.69) is 15.8 Å². The number of hydrogen-bond donors (Lipinski definition) is 2. The maximum absolute atomic E-state index is 12.0. The molecule has 30 heavy (non-hydrogen) atoms. The van der Waals surface area contributed by atoms with Crippen molar-refractivity contribution in [3.8, 4) is 28.6 Å². The van der Waals surface area contributed by atoms with Crippen molar-refractivity contribution in [2.75, 3.05) is 25.8 Å². The number of anilines is 1. The number of halogens is 1. The summed E-state index contributed by atoms with van der Waals surface area (Å²) in [4.78, 5) is 12.0. The summed E-state index contributed by atoms with van der Waals surface area (Å²) in [5.41, 5.74) is 3.90. The van der Waals surface area contributed by atoms with Gasteiger partial charge in [-0.15, -0.1) is 0 Å². The molecule has 154 valence electrons. The lowest BCUT2D eigenvalue weighted by Crippen LogP contribution is -2.25. The van der Waals surface area contributed by atoms with E-state index in [4.69, 9.17) is 30.2 Å². The third-order valence-electron chi connectivity index (χ3n) is 4.26. The van der Waals surface area contributed by atoms with Crippen molar-refractivity contribution in [2.24, 2.45) is 5.10 Å². The molecule has 0 saturated heterocycles. The first kappa shape index (κ1) is 19.7. The van der Waals surface area contributed by atoms with Crippen LogP contribution in [0.4, 0.5) is 5.69 Å². The highest BCUT2D eigenvalue weighted by Gasteiger charge is 2.13. The van der Waals surface area contributed by atoms with Gasteiger partial charge in [-0.05, 0) is 42.5 Å². The number of furan rings is 1. The number of rotatable bonds is 7. The summed E-state index contributed by atoms with van der Waals surface area (Å²) in [6, 6.07) is 14.1. The minimum atomic E-state index is -0.313. The van der Waals surface area contributed by atoms with Gasteiger partial charge in [-0.25, -0.2) is 5.43 Å². The van der Waals surface area contributed by atoms with E-state index < -0.39 is 0 Å². The molecule has 1 aliphatic rings. The Balaban J connectivity index is 1.32. The van der Waals surface area contributed by atoms with Gasteiger partial charge in [0.15, 0.2) is 11.5 Å². The normalized spacial score (nSPS) is 12.2. The van der Waals surface area contributed by atoms with Gasteiger partial charge >= 0.3 is 0 Å². The number of fused-ring (bicyclic) bond motifs is 1. The molecular formula is C21H18ClN3O5. The first-order valence-corrected chi connectivity index (χ1v) is 9.39. The Morgan fingerprint density at radius 2 is 2.03 bits per heavy atom. The van der Waals surface area contributed by atoms with E-state index >= 15 is 0 Å². The molecule has 9 heteroatoms. The van der Waals surface area contributed by atoms with E-state index in [1.54, 1.807) is 55.6 Å². The van der Waals surface area contributed by atoms with Crippen molar-refractivity contribution in [2.45, 2.75) is 0 Å². The van der Waals surface area contributed by atoms with Crippen LogP contribution in [-0.4, -0.2) is 32.6 Å². The first-order valence-electron chi connectivity index (χ1n) is 9.01. The van der Waals surface area contributed by atoms with Gasteiger partial charge in [-0.3, -0.25) is 4.79 Å². The Kier molecular flexibility index (Phi) is 5.76. The van der Waals surface area contributed by atoms with E-state index in [1.165, 1.54) is 6.21 Å². The van der Waals surface area contributed by atoms with Crippen LogP contribution in [0.25, 0.3) is 11.3 Å². The van der Waals surface area contributed by atoms with E-state index in [1.807, 2.05) is 0 Å². The summed E-state index contributed by atoms with van der Waals surface area (Å²) in [6.45, 7) is 0.243. The maximum atomic E-state index is 12.0. The molecule has 2 heterocycles. The zero-order chi connectivity index (χ0) is 20.9. The smallest absolute Gasteiger partial charge is 0.259 e. The van der Waals surface area contributed by atoms with Gasteiger partial charge in [0.1, 0.15) is 17.3 Å². The summed E-state index contributed by atoms with van der Waals surface area (Å²) in [7, 11) is 1.57. The quantitative estimate of drug-likeness (QED) is 0.438. The van der Waals surface area contributed by atoms with Gasteiger partial charge in [-0.2, -0.15) is 5.10 Å². The van der Waals surface area contributed by atoms with Crippen LogP contribution in [0.3, 0.4) is 0 Å². The van der Waals surface area contributed by atoms with E-state index in [9.17, 15) is 4.79 Å². The molecule has 1 aromatic heterocycles. The summed E-state index contributed by atoms with van der Waals surface area (Å²) in [6.07, 6.45) is 1.42. The van der Waals surface area contributed by atoms with Crippen molar-refractivity contribution in [3.05, 3.63) is 59.3 Å². The van der Waals surface area contributed by atoms with Crippen LogP contribution in [0.15, 0.2) is 58.0 Å². The van der Waals surface area contributed by atoms with Crippen molar-refractivity contribution in [1.82, 2.24) is 5.43 Å². The maximum Gasteiger partial charge on any atom is 0.259 e. The molecule has 0 unspecified atom stereocenters. The average Bonchev–Trinajstić information content (AvgIpc) is 3.41. The van der Waals surface area contributed by atoms with Gasteiger partial charge in [0.05, 0.1) is 25.4 Å². The lowest BCUT2D eigenvalue weighted by Gasteiger charge is -2.06. The number of nitrogens with one attached hydrogen (secondary N) is 2. The molecule has 2 N–H and O–H groups in total. The van der Waals surface area contributed by atoms with Gasteiger partial charge in [0, 0.05) is 16.8 Å². The highest BCUT2D eigenvalue weighted by atomic mass is 35.5. The number of carbonyl (C=O) groups is 1. The van der Waals surface area contributed by atoms with Crippen LogP contribution in [0.2, 0.25) is 5.02 Å². The second-order valence-corrected chi connectivity index (χ2v) is 6.70. The number of amides is 1. The molecule has 0 fully saturated rings. The molecular weight excluding hydrogens is 410 g/mol. The fourth-order valence-corrected chi connectivity index (χ4v) is 3.01. The summed E-state index contributed by atoms with van der Waals surface area (Å²) >= 11 is 6.06. The zero-order valence-corrected chi connectivity index (χ0v) is 16.7. The van der Waals surface area contributed by atoms with Crippen molar-refractivity contribution < 1.29 is 23.4 Å². The molecule has 1 aliphatic heterocycles. The Labute approximate surface area is 177 Å². The number of carbonyl (C=O) groups excluding carboxylic acids is 1. The standard InChI is InChI=1S/C21H18ClN3O5/c1-27-17-5-2-13(22)8-16(17)18-7-4-15(30-18)10-24-25-21(26)11-23-14-3-6-19-20(9-14)29-12-28-19/h2-10,23H,11-12H2,1H3,(H,25,26)/b24-10-. The molecule has 8 nitrogen and oxygen atoms in total. The molecule has 0 bridgehead atoms. The molecule has 0 spiro atoms. The Morgan fingerprint density at radius 3 is 2.90 bits per heavy atom. The number of ether oxygens (including phenoxy) is 3. The Bertz CT molecular complexity index is 1100. The highest BCUT2D eigenvalue weighted by Crippen LogP contribution is 2.34. The van der Waals surface area contributed by atoms with Crippen LogP contribution in [0, 0.1) is 0 Å². The third kappa shape index (κ3) is 4.49. The highest BCUT2D eigenvalue weighted by molar-refractivity contribution is 6.30. The van der Waals surface area contributed by atoms with Crippen LogP contribution in [-0.2, 0) is 4.79 Å². The number of benzene rings is 2. The van der Waals surface area contributed by atoms with E-state index in [0.29, 0.717) is 33.8 Å². The largest absolute Gasteiger partial charge is 0.496 e. The third-order valence-corrected chi connectivity index (χ3v) is 4.50. The number of hydrogen-bond acceptors (Lipinski definition) is 7. The number of nitrogens with zero attached hydrogens (tertiary/aromatic N) is 1. The summed E-state index contributed by atoms with van der Waals surface area (Å²) in [5, 5.41) is 7.48. The lowest BCUT2D eigenvalue weighted by atomic mass is 10.1. The second kappa shape index (κ2) is 8.79. The molecule has 0 radical (unpaired) electrons. The van der Waals surface area contributed by atoms with Crippen molar-refractivity contribution in [3.63, 3.8) is 0 Å². The van der Waals surface area contributed by atoms with Crippen molar-refractivity contribution >= 4 is 29.4 Å². The lowest BCUT2D eigenvalue weighted by molar-refractivity contribution is -0.119. The Hall–Kier alpha value is -3.65. The molecule has 2 aromatic carbocycles. The Morgan fingerprint density at radius 1 is 1.17 bits per heavy atom. The SMILES string of the molecule is COc1ccc(Cl)cc1-c1ccc(/C=N\NC(=O)CNc2ccc3c(c2)OCO3)o1. The molecule has 4 rings (SSSR count). The van der Waals surface area contributed by atoms with Crippen LogP contribution < -0.4 is 25.0 Å². The van der Waals surface area contributed by atoms with Gasteiger partial charge in [0.25, 0.3) is 5.91 Å². The summed E-state index contributed by atoms with van der Waals surface area (Å²) in [5.74, 6) is 2.70. The number of hydrazone groups is 1. The minimum absolute atomic E-state index is 0.0418. The second-order valence-electron chi connectivity index (χ2n) is 6.26. The predicted octanol–water partition coefficient (Wildman–Crippen LogP) is 3.90. The van der Waals surface area contributed by atoms with Crippen LogP contribution in [0.1, 0.15) is 5.76 Å². The van der Waals surface area contributed by atoms with E-state index in [-0.39, 0.29) is 19.2 Å². The van der Waals surface area contributed by atoms with Crippen LogP contribution >= 0.6 is 11.6 Å². The minimum Gasteiger partial charge on any atom is -0.496 e. The molecule has 0 saturated carbocycles. The summed E-state index contributed by atoms with van der Waals surface area (Å²) < 4.78 is 21.6. The van der Waals surface area contributed by atoms with Crippen molar-refractivity contribution in [1.29, 1.82) is 0 Å².